The fourth-order valence-electron chi connectivity index (χ4n) is 1.92. The molecule has 1 heterocycles. The highest BCUT2D eigenvalue weighted by Gasteiger charge is 2.25. The Labute approximate surface area is 112 Å². The van der Waals surface area contributed by atoms with E-state index >= 15 is 0 Å². The summed E-state index contributed by atoms with van der Waals surface area (Å²) in [7, 11) is 0. The van der Waals surface area contributed by atoms with Gasteiger partial charge in [0.1, 0.15) is 10.5 Å². The van der Waals surface area contributed by atoms with Crippen LogP contribution in [0.5, 0.6) is 0 Å². The number of H-pyrrole nitrogens is 1. The Morgan fingerprint density at radius 2 is 1.74 bits per heavy atom. The number of rotatable bonds is 2. The SMILES string of the molecule is Fc1cc(-c2nc(=S)cc(C3CC3)[nH]2)cc(F)c1F. The molecule has 0 bridgehead atoms. The number of hydrogen-bond acceptors (Lipinski definition) is 2. The van der Waals surface area contributed by atoms with E-state index < -0.39 is 17.5 Å². The molecule has 1 saturated carbocycles. The maximum Gasteiger partial charge on any atom is 0.194 e. The second-order valence-corrected chi connectivity index (χ2v) is 4.97. The molecule has 0 atom stereocenters. The van der Waals surface area contributed by atoms with Gasteiger partial charge >= 0.3 is 0 Å². The van der Waals surface area contributed by atoms with Gasteiger partial charge in [0, 0.05) is 11.3 Å². The lowest BCUT2D eigenvalue weighted by Gasteiger charge is -2.06. The Morgan fingerprint density at radius 1 is 1.11 bits per heavy atom. The first kappa shape index (κ1) is 12.3. The largest absolute Gasteiger partial charge is 0.343 e. The molecule has 0 radical (unpaired) electrons. The molecule has 1 aromatic carbocycles. The second-order valence-electron chi connectivity index (χ2n) is 4.55. The van der Waals surface area contributed by atoms with E-state index in [9.17, 15) is 13.2 Å². The van der Waals surface area contributed by atoms with Crippen molar-refractivity contribution in [2.75, 3.05) is 0 Å². The zero-order chi connectivity index (χ0) is 13.6. The first-order valence-corrected chi connectivity index (χ1v) is 6.21. The van der Waals surface area contributed by atoms with Gasteiger partial charge in [-0.05, 0) is 37.0 Å². The van der Waals surface area contributed by atoms with Crippen molar-refractivity contribution in [3.8, 4) is 11.4 Å². The minimum absolute atomic E-state index is 0.144. The summed E-state index contributed by atoms with van der Waals surface area (Å²) in [5.41, 5.74) is 1.05. The maximum absolute atomic E-state index is 13.2. The van der Waals surface area contributed by atoms with Crippen LogP contribution in [0.25, 0.3) is 11.4 Å². The first-order valence-electron chi connectivity index (χ1n) is 5.81. The van der Waals surface area contributed by atoms with Gasteiger partial charge in [-0.1, -0.05) is 12.2 Å². The fourth-order valence-corrected chi connectivity index (χ4v) is 2.14. The molecule has 98 valence electrons. The molecule has 19 heavy (non-hydrogen) atoms. The molecule has 0 saturated heterocycles. The molecule has 1 N–H and O–H groups in total. The van der Waals surface area contributed by atoms with Gasteiger partial charge in [0.25, 0.3) is 0 Å². The number of benzene rings is 1. The third kappa shape index (κ3) is 2.40. The van der Waals surface area contributed by atoms with E-state index in [1.165, 1.54) is 0 Å². The Hall–Kier alpha value is -1.69. The van der Waals surface area contributed by atoms with E-state index in [2.05, 4.69) is 9.97 Å². The van der Waals surface area contributed by atoms with Crippen LogP contribution in [0.1, 0.15) is 24.5 Å². The third-order valence-corrected chi connectivity index (χ3v) is 3.25. The van der Waals surface area contributed by atoms with Gasteiger partial charge in [-0.2, -0.15) is 0 Å². The van der Waals surface area contributed by atoms with Gasteiger partial charge in [0.15, 0.2) is 17.5 Å². The van der Waals surface area contributed by atoms with E-state index in [-0.39, 0.29) is 11.4 Å². The number of hydrogen-bond donors (Lipinski definition) is 1. The van der Waals surface area contributed by atoms with Crippen molar-refractivity contribution >= 4 is 12.2 Å². The minimum atomic E-state index is -1.49. The van der Waals surface area contributed by atoms with Gasteiger partial charge in [-0.15, -0.1) is 0 Å². The lowest BCUT2D eigenvalue weighted by molar-refractivity contribution is 0.447. The Kier molecular flexibility index (Phi) is 2.89. The average molecular weight is 282 g/mol. The summed E-state index contributed by atoms with van der Waals surface area (Å²) in [6, 6.07) is 3.55. The highest BCUT2D eigenvalue weighted by Crippen LogP contribution is 2.39. The maximum atomic E-state index is 13.2. The second kappa shape index (κ2) is 4.45. The normalized spacial score (nSPS) is 14.7. The molecular weight excluding hydrogens is 273 g/mol. The molecular formula is C13H9F3N2S. The summed E-state index contributed by atoms with van der Waals surface area (Å²) in [5, 5.41) is 0. The molecule has 0 aliphatic heterocycles. The van der Waals surface area contributed by atoms with Crippen molar-refractivity contribution < 1.29 is 13.2 Å². The predicted octanol–water partition coefficient (Wildman–Crippen LogP) is 4.10. The summed E-state index contributed by atoms with van der Waals surface area (Å²) in [6.07, 6.45) is 2.11. The van der Waals surface area contributed by atoms with Gasteiger partial charge in [-0.3, -0.25) is 0 Å². The Balaban J connectivity index is 2.13. The van der Waals surface area contributed by atoms with Gasteiger partial charge < -0.3 is 4.98 Å². The summed E-state index contributed by atoms with van der Waals surface area (Å²) >= 11 is 5.03. The van der Waals surface area contributed by atoms with Crippen LogP contribution in [-0.4, -0.2) is 9.97 Å². The van der Waals surface area contributed by atoms with Crippen LogP contribution in [0.15, 0.2) is 18.2 Å². The Morgan fingerprint density at radius 3 is 2.32 bits per heavy atom. The number of nitrogens with zero attached hydrogens (tertiary/aromatic N) is 1. The van der Waals surface area contributed by atoms with E-state index in [1.807, 2.05) is 0 Å². The molecule has 0 amide bonds. The summed E-state index contributed by atoms with van der Waals surface area (Å²) in [6.45, 7) is 0. The zero-order valence-electron chi connectivity index (χ0n) is 9.71. The molecule has 1 aliphatic carbocycles. The van der Waals surface area contributed by atoms with Crippen LogP contribution in [-0.2, 0) is 0 Å². The minimum Gasteiger partial charge on any atom is -0.343 e. The standard InChI is InChI=1S/C13H9F3N2S/c14-8-3-7(4-9(15)12(8)16)13-17-10(6-1-2-6)5-11(19)18-13/h3-6H,1-2H2,(H,17,18,19). The predicted molar refractivity (Wildman–Crippen MR) is 66.7 cm³/mol. The van der Waals surface area contributed by atoms with Gasteiger partial charge in [0.2, 0.25) is 0 Å². The molecule has 2 nitrogen and oxygen atoms in total. The summed E-state index contributed by atoms with van der Waals surface area (Å²) in [4.78, 5) is 7.03. The molecule has 1 aliphatic rings. The quantitative estimate of drug-likeness (QED) is 0.663. The van der Waals surface area contributed by atoms with Crippen LogP contribution in [0.2, 0.25) is 0 Å². The molecule has 1 aromatic heterocycles. The molecule has 0 spiro atoms. The van der Waals surface area contributed by atoms with E-state index in [0.29, 0.717) is 10.6 Å². The van der Waals surface area contributed by atoms with Crippen LogP contribution in [0.3, 0.4) is 0 Å². The molecule has 0 unspecified atom stereocenters. The highest BCUT2D eigenvalue weighted by atomic mass is 32.1. The van der Waals surface area contributed by atoms with Crippen molar-refractivity contribution in [2.24, 2.45) is 0 Å². The van der Waals surface area contributed by atoms with E-state index in [4.69, 9.17) is 12.2 Å². The summed E-state index contributed by atoms with van der Waals surface area (Å²) < 4.78 is 39.7. The first-order chi connectivity index (χ1) is 9.04. The van der Waals surface area contributed by atoms with Crippen LogP contribution in [0.4, 0.5) is 13.2 Å². The lowest BCUT2D eigenvalue weighted by Crippen LogP contribution is -1.98. The van der Waals surface area contributed by atoms with Crippen LogP contribution in [0, 0.1) is 22.1 Å². The molecule has 3 rings (SSSR count). The topological polar surface area (TPSA) is 28.7 Å². The number of aromatic amines is 1. The van der Waals surface area contributed by atoms with Crippen molar-refractivity contribution in [3.63, 3.8) is 0 Å². The molecule has 2 aromatic rings. The monoisotopic (exact) mass is 282 g/mol. The van der Waals surface area contributed by atoms with E-state index in [1.54, 1.807) is 6.07 Å². The van der Waals surface area contributed by atoms with E-state index in [0.717, 1.165) is 30.7 Å². The lowest BCUT2D eigenvalue weighted by atomic mass is 10.2. The van der Waals surface area contributed by atoms with Crippen molar-refractivity contribution in [3.05, 3.63) is 46.0 Å². The van der Waals surface area contributed by atoms with Crippen molar-refractivity contribution in [2.45, 2.75) is 18.8 Å². The van der Waals surface area contributed by atoms with Crippen LogP contribution < -0.4 is 0 Å². The highest BCUT2D eigenvalue weighted by molar-refractivity contribution is 7.71. The Bertz CT molecular complexity index is 684. The number of aromatic nitrogens is 2. The average Bonchev–Trinajstić information content (AvgIpc) is 3.18. The van der Waals surface area contributed by atoms with Crippen molar-refractivity contribution in [1.29, 1.82) is 0 Å². The smallest absolute Gasteiger partial charge is 0.194 e. The molecule has 6 heteroatoms. The fraction of sp³-hybridized carbons (Fsp3) is 0.231. The number of halogens is 3. The van der Waals surface area contributed by atoms with Crippen LogP contribution >= 0.6 is 12.2 Å². The summed E-state index contributed by atoms with van der Waals surface area (Å²) in [5.74, 6) is -3.31. The van der Waals surface area contributed by atoms with Gasteiger partial charge in [0.05, 0.1) is 0 Å². The van der Waals surface area contributed by atoms with Gasteiger partial charge in [-0.25, -0.2) is 18.2 Å². The third-order valence-electron chi connectivity index (χ3n) is 3.04. The molecule has 1 fully saturated rings. The number of nitrogens with one attached hydrogen (secondary N) is 1. The zero-order valence-corrected chi connectivity index (χ0v) is 10.5. The van der Waals surface area contributed by atoms with Crippen molar-refractivity contribution in [1.82, 2.24) is 9.97 Å².